The second-order valence-corrected chi connectivity index (χ2v) is 13.9. The Morgan fingerprint density at radius 1 is 0.651 bits per heavy atom. The minimum absolute atomic E-state index is 0.0466. The van der Waals surface area contributed by atoms with Crippen molar-refractivity contribution in [2.45, 2.75) is 217 Å². The van der Waals surface area contributed by atoms with Crippen LogP contribution in [0.3, 0.4) is 0 Å². The number of carbonyl (C=O) groups is 1. The van der Waals surface area contributed by atoms with Gasteiger partial charge in [0.1, 0.15) is 6.10 Å². The maximum atomic E-state index is 11.6. The zero-order valence-corrected chi connectivity index (χ0v) is 27.8. The summed E-state index contributed by atoms with van der Waals surface area (Å²) in [7, 11) is 0. The molecule has 0 bridgehead atoms. The van der Waals surface area contributed by atoms with Gasteiger partial charge >= 0.3 is 5.97 Å². The van der Waals surface area contributed by atoms with E-state index in [1.165, 1.54) is 96.3 Å². The van der Waals surface area contributed by atoms with E-state index in [9.17, 15) is 15.0 Å². The largest absolute Gasteiger partial charge is 0.455 e. The molecule has 0 radical (unpaired) electrons. The number of aliphatic hydroxyl groups is 2. The molecule has 0 aliphatic carbocycles. The molecule has 0 saturated carbocycles. The first-order valence-corrected chi connectivity index (χ1v) is 18.6. The standard InChI is InChI=1S/C37H66O6/c1-3-4-5-6-7-13-16-19-22-31(38)33-24-26-35(42-33)36-27-25-34(43-36)32(39)23-20-17-14-11-9-8-10-12-15-18-21-30-28-29(2)41-37(30)40/h28-29,31-36,38-39H,3-27H2,1-2H3/t29-,31+,32-,33-,34-,35-,36-/m1/s1. The molecular weight excluding hydrogens is 540 g/mol. The van der Waals surface area contributed by atoms with Crippen molar-refractivity contribution >= 4 is 5.97 Å². The number of hydrogen-bond acceptors (Lipinski definition) is 6. The Bertz CT molecular complexity index is 768. The maximum Gasteiger partial charge on any atom is 0.334 e. The van der Waals surface area contributed by atoms with E-state index in [0.29, 0.717) is 0 Å². The predicted octanol–water partition coefficient (Wildman–Crippen LogP) is 8.89. The van der Waals surface area contributed by atoms with Gasteiger partial charge in [-0.05, 0) is 64.4 Å². The van der Waals surface area contributed by atoms with Crippen molar-refractivity contribution in [1.82, 2.24) is 0 Å². The first-order chi connectivity index (χ1) is 21.0. The summed E-state index contributed by atoms with van der Waals surface area (Å²) in [6.07, 6.45) is 29.9. The average molecular weight is 607 g/mol. The molecule has 3 aliphatic rings. The van der Waals surface area contributed by atoms with Gasteiger partial charge < -0.3 is 24.4 Å². The van der Waals surface area contributed by atoms with E-state index in [4.69, 9.17) is 14.2 Å². The monoisotopic (exact) mass is 606 g/mol. The lowest BCUT2D eigenvalue weighted by atomic mass is 10.0. The Kier molecular flexibility index (Phi) is 18.5. The number of ether oxygens (including phenoxy) is 3. The Hall–Kier alpha value is -0.950. The molecule has 7 atom stereocenters. The van der Waals surface area contributed by atoms with Crippen LogP contribution in [0.5, 0.6) is 0 Å². The third kappa shape index (κ3) is 14.3. The van der Waals surface area contributed by atoms with Crippen LogP contribution < -0.4 is 0 Å². The maximum absolute atomic E-state index is 11.6. The fourth-order valence-electron chi connectivity index (χ4n) is 7.25. The van der Waals surface area contributed by atoms with Crippen LogP contribution >= 0.6 is 0 Å². The normalized spacial score (nSPS) is 27.0. The van der Waals surface area contributed by atoms with Gasteiger partial charge in [0.25, 0.3) is 0 Å². The highest BCUT2D eigenvalue weighted by Gasteiger charge is 2.40. The molecule has 6 heteroatoms. The highest BCUT2D eigenvalue weighted by atomic mass is 16.6. The molecule has 250 valence electrons. The van der Waals surface area contributed by atoms with Gasteiger partial charge in [-0.2, -0.15) is 0 Å². The van der Waals surface area contributed by atoms with Gasteiger partial charge in [-0.3, -0.25) is 0 Å². The zero-order chi connectivity index (χ0) is 30.7. The quantitative estimate of drug-likeness (QED) is 0.0797. The van der Waals surface area contributed by atoms with Crippen molar-refractivity contribution in [3.63, 3.8) is 0 Å². The molecule has 43 heavy (non-hydrogen) atoms. The van der Waals surface area contributed by atoms with Crippen LogP contribution in [0.25, 0.3) is 0 Å². The summed E-state index contributed by atoms with van der Waals surface area (Å²) in [6.45, 7) is 4.17. The SMILES string of the molecule is CCCCCCCCCC[C@H](O)[C@H]1CC[C@H]([C@H]2CC[C@H]([C@H](O)CCCCCCCCCCCCC3=C[C@@H](C)OC3=O)O2)O1. The van der Waals surface area contributed by atoms with E-state index >= 15 is 0 Å². The molecule has 0 aromatic rings. The van der Waals surface area contributed by atoms with Gasteiger partial charge in [-0.25, -0.2) is 4.79 Å². The van der Waals surface area contributed by atoms with E-state index in [1.807, 2.05) is 13.0 Å². The number of esters is 1. The predicted molar refractivity (Wildman–Crippen MR) is 174 cm³/mol. The number of cyclic esters (lactones) is 1. The average Bonchev–Trinajstić information content (AvgIpc) is 3.75. The lowest BCUT2D eigenvalue weighted by Gasteiger charge is -2.24. The van der Waals surface area contributed by atoms with Crippen LogP contribution in [0.4, 0.5) is 0 Å². The second kappa shape index (κ2) is 21.7. The minimum Gasteiger partial charge on any atom is -0.455 e. The summed E-state index contributed by atoms with van der Waals surface area (Å²) >= 11 is 0. The van der Waals surface area contributed by atoms with Crippen LogP contribution in [0.15, 0.2) is 11.6 Å². The van der Waals surface area contributed by atoms with Crippen LogP contribution in [0.2, 0.25) is 0 Å². The topological polar surface area (TPSA) is 85.2 Å². The second-order valence-electron chi connectivity index (χ2n) is 13.9. The summed E-state index contributed by atoms with van der Waals surface area (Å²) < 4.78 is 17.7. The smallest absolute Gasteiger partial charge is 0.334 e. The zero-order valence-electron chi connectivity index (χ0n) is 27.8. The third-order valence-corrected chi connectivity index (χ3v) is 9.98. The van der Waals surface area contributed by atoms with Gasteiger partial charge in [0.05, 0.1) is 36.6 Å². The molecule has 2 saturated heterocycles. The lowest BCUT2D eigenvalue weighted by molar-refractivity contribution is -0.139. The van der Waals surface area contributed by atoms with E-state index < -0.39 is 0 Å². The molecule has 6 nitrogen and oxygen atoms in total. The Morgan fingerprint density at radius 2 is 1.07 bits per heavy atom. The van der Waals surface area contributed by atoms with Crippen LogP contribution in [0.1, 0.15) is 174 Å². The molecule has 3 rings (SSSR count). The highest BCUT2D eigenvalue weighted by Crippen LogP contribution is 2.34. The van der Waals surface area contributed by atoms with Gasteiger partial charge in [-0.15, -0.1) is 0 Å². The molecule has 3 heterocycles. The third-order valence-electron chi connectivity index (χ3n) is 9.98. The van der Waals surface area contributed by atoms with E-state index in [0.717, 1.165) is 69.8 Å². The Balaban J connectivity index is 1.12. The van der Waals surface area contributed by atoms with Crippen molar-refractivity contribution in [1.29, 1.82) is 0 Å². The van der Waals surface area contributed by atoms with Gasteiger partial charge in [0.15, 0.2) is 0 Å². The van der Waals surface area contributed by atoms with E-state index in [-0.39, 0.29) is 48.7 Å². The molecule has 0 aromatic heterocycles. The van der Waals surface area contributed by atoms with Crippen LogP contribution in [-0.4, -0.2) is 58.9 Å². The van der Waals surface area contributed by atoms with E-state index in [2.05, 4.69) is 6.92 Å². The van der Waals surface area contributed by atoms with Crippen molar-refractivity contribution < 1.29 is 29.2 Å². The number of unbranched alkanes of at least 4 members (excludes halogenated alkanes) is 16. The molecular formula is C37H66O6. The summed E-state index contributed by atoms with van der Waals surface area (Å²) in [5.41, 5.74) is 0.869. The van der Waals surface area contributed by atoms with Crippen molar-refractivity contribution in [3.05, 3.63) is 11.6 Å². The summed E-state index contributed by atoms with van der Waals surface area (Å²) in [5.74, 6) is -0.118. The van der Waals surface area contributed by atoms with Crippen molar-refractivity contribution in [3.8, 4) is 0 Å². The number of rotatable bonds is 25. The number of carbonyl (C=O) groups excluding carboxylic acids is 1. The fourth-order valence-corrected chi connectivity index (χ4v) is 7.25. The fraction of sp³-hybridized carbons (Fsp3) is 0.919. The van der Waals surface area contributed by atoms with Crippen molar-refractivity contribution in [2.24, 2.45) is 0 Å². The van der Waals surface area contributed by atoms with Crippen molar-refractivity contribution in [2.75, 3.05) is 0 Å². The van der Waals surface area contributed by atoms with Gasteiger partial charge in [0, 0.05) is 5.57 Å². The Labute approximate surface area is 263 Å². The first-order valence-electron chi connectivity index (χ1n) is 18.6. The van der Waals surface area contributed by atoms with Crippen LogP contribution in [-0.2, 0) is 19.0 Å². The summed E-state index contributed by atoms with van der Waals surface area (Å²) in [5, 5.41) is 21.4. The first kappa shape index (κ1) is 36.5. The van der Waals surface area contributed by atoms with Gasteiger partial charge in [0.2, 0.25) is 0 Å². The molecule has 0 amide bonds. The molecule has 0 spiro atoms. The lowest BCUT2D eigenvalue weighted by Crippen LogP contribution is -2.33. The summed E-state index contributed by atoms with van der Waals surface area (Å²) in [6, 6.07) is 0. The van der Waals surface area contributed by atoms with Gasteiger partial charge in [-0.1, -0.05) is 116 Å². The summed E-state index contributed by atoms with van der Waals surface area (Å²) in [4.78, 5) is 11.6. The molecule has 2 N–H and O–H groups in total. The highest BCUT2D eigenvalue weighted by molar-refractivity contribution is 5.90. The number of aliphatic hydroxyl groups excluding tert-OH is 2. The molecule has 3 aliphatic heterocycles. The Morgan fingerprint density at radius 3 is 1.49 bits per heavy atom. The number of hydrogen-bond donors (Lipinski definition) is 2. The molecule has 0 aromatic carbocycles. The van der Waals surface area contributed by atoms with Crippen LogP contribution in [0, 0.1) is 0 Å². The van der Waals surface area contributed by atoms with E-state index in [1.54, 1.807) is 0 Å². The minimum atomic E-state index is -0.375. The molecule has 0 unspecified atom stereocenters. The molecule has 2 fully saturated rings.